The fourth-order valence-corrected chi connectivity index (χ4v) is 8.54. The third-order valence-electron chi connectivity index (χ3n) is 9.74. The summed E-state index contributed by atoms with van der Waals surface area (Å²) < 4.78 is 4.93. The highest BCUT2D eigenvalue weighted by Gasteiger charge is 2.18. The molecule has 0 N–H and O–H groups in total. The standard InChI is InChI=1S/C45H30N4S/c1-2-12-30(13-3-1)43-46-44(48-45(47-43)37-19-11-23-41-42(37)36-18-6-9-22-40(36)50-41)31-26-24-29(25-27-31)32-14-10-15-33(28-32)49-38-20-7-4-16-34(38)35-17-5-8-21-39(35)49/h1-9,11-14,16-28H,10,15H2. The molecular weight excluding hydrogens is 629 g/mol. The summed E-state index contributed by atoms with van der Waals surface area (Å²) in [4.78, 5) is 15.2. The van der Waals surface area contributed by atoms with Crippen molar-refractivity contribution < 1.29 is 0 Å². The zero-order valence-electron chi connectivity index (χ0n) is 27.1. The lowest BCUT2D eigenvalue weighted by molar-refractivity contribution is 0.982. The summed E-state index contributed by atoms with van der Waals surface area (Å²) in [5, 5.41) is 5.00. The molecule has 6 aromatic carbocycles. The Balaban J connectivity index is 1.06. The monoisotopic (exact) mass is 658 g/mol. The highest BCUT2D eigenvalue weighted by molar-refractivity contribution is 7.25. The Kier molecular flexibility index (Phi) is 6.78. The van der Waals surface area contributed by atoms with Crippen molar-refractivity contribution in [1.82, 2.24) is 19.5 Å². The van der Waals surface area contributed by atoms with Crippen LogP contribution >= 0.6 is 11.3 Å². The van der Waals surface area contributed by atoms with E-state index >= 15 is 0 Å². The number of benzene rings is 6. The van der Waals surface area contributed by atoms with Crippen LogP contribution in [0.4, 0.5) is 0 Å². The van der Waals surface area contributed by atoms with Crippen LogP contribution in [0, 0.1) is 0 Å². The van der Waals surface area contributed by atoms with Gasteiger partial charge < -0.3 is 4.57 Å². The molecule has 0 aliphatic heterocycles. The van der Waals surface area contributed by atoms with Gasteiger partial charge in [0, 0.05) is 53.3 Å². The number of hydrogen-bond acceptors (Lipinski definition) is 4. The summed E-state index contributed by atoms with van der Waals surface area (Å²) in [6, 6.07) is 51.3. The van der Waals surface area contributed by atoms with E-state index in [2.05, 4.69) is 144 Å². The molecule has 0 bridgehead atoms. The Labute approximate surface area is 293 Å². The summed E-state index contributed by atoms with van der Waals surface area (Å²) in [6.07, 6.45) is 6.70. The van der Waals surface area contributed by atoms with Gasteiger partial charge in [-0.3, -0.25) is 0 Å². The van der Waals surface area contributed by atoms with Crippen LogP contribution in [0.5, 0.6) is 0 Å². The summed E-state index contributed by atoms with van der Waals surface area (Å²) in [6.45, 7) is 0. The molecule has 4 nitrogen and oxygen atoms in total. The highest BCUT2D eigenvalue weighted by atomic mass is 32.1. The van der Waals surface area contributed by atoms with Crippen LogP contribution in [0.3, 0.4) is 0 Å². The number of thiophene rings is 1. The van der Waals surface area contributed by atoms with Crippen molar-refractivity contribution in [1.29, 1.82) is 0 Å². The van der Waals surface area contributed by atoms with Crippen LogP contribution in [-0.4, -0.2) is 19.5 Å². The Bertz CT molecular complexity index is 2750. The molecule has 1 aliphatic carbocycles. The van der Waals surface area contributed by atoms with E-state index in [0.29, 0.717) is 17.5 Å². The second kappa shape index (κ2) is 11.8. The Morgan fingerprint density at radius 2 is 1.06 bits per heavy atom. The average Bonchev–Trinajstić information content (AvgIpc) is 3.74. The predicted octanol–water partition coefficient (Wildman–Crippen LogP) is 12.1. The predicted molar refractivity (Wildman–Crippen MR) is 210 cm³/mol. The first-order chi connectivity index (χ1) is 24.8. The summed E-state index contributed by atoms with van der Waals surface area (Å²) >= 11 is 1.80. The molecule has 0 amide bonds. The molecule has 0 unspecified atom stereocenters. The third kappa shape index (κ3) is 4.78. The first-order valence-electron chi connectivity index (χ1n) is 17.0. The topological polar surface area (TPSA) is 43.6 Å². The van der Waals surface area contributed by atoms with E-state index in [1.165, 1.54) is 58.8 Å². The number of allylic oxidation sites excluding steroid dienone is 4. The molecule has 10 rings (SSSR count). The Morgan fingerprint density at radius 3 is 1.80 bits per heavy atom. The van der Waals surface area contributed by atoms with Gasteiger partial charge in [-0.1, -0.05) is 127 Å². The molecule has 0 fully saturated rings. The normalized spacial score (nSPS) is 13.3. The molecule has 0 saturated heterocycles. The third-order valence-corrected chi connectivity index (χ3v) is 10.9. The Hall–Kier alpha value is -6.17. The van der Waals surface area contributed by atoms with E-state index in [0.717, 1.165) is 29.5 Å². The van der Waals surface area contributed by atoms with Crippen molar-refractivity contribution in [3.63, 3.8) is 0 Å². The molecule has 3 aromatic heterocycles. The van der Waals surface area contributed by atoms with Crippen molar-refractivity contribution in [2.45, 2.75) is 12.8 Å². The minimum absolute atomic E-state index is 0.663. The van der Waals surface area contributed by atoms with Crippen molar-refractivity contribution in [3.8, 4) is 34.2 Å². The van der Waals surface area contributed by atoms with Crippen LogP contribution in [0.25, 0.3) is 87.4 Å². The van der Waals surface area contributed by atoms with Crippen LogP contribution in [0.15, 0.2) is 158 Å². The highest BCUT2D eigenvalue weighted by Crippen LogP contribution is 2.40. The molecule has 50 heavy (non-hydrogen) atoms. The molecule has 0 spiro atoms. The molecule has 0 atom stereocenters. The summed E-state index contributed by atoms with van der Waals surface area (Å²) in [5.74, 6) is 2.01. The summed E-state index contributed by atoms with van der Waals surface area (Å²) in [7, 11) is 0. The first-order valence-corrected chi connectivity index (χ1v) is 17.8. The van der Waals surface area contributed by atoms with E-state index in [1.54, 1.807) is 11.3 Å². The zero-order chi connectivity index (χ0) is 33.0. The minimum atomic E-state index is 0.663. The molecule has 5 heteroatoms. The van der Waals surface area contributed by atoms with Gasteiger partial charge >= 0.3 is 0 Å². The zero-order valence-corrected chi connectivity index (χ0v) is 27.9. The van der Waals surface area contributed by atoms with E-state index < -0.39 is 0 Å². The van der Waals surface area contributed by atoms with Gasteiger partial charge in [0.1, 0.15) is 0 Å². The molecule has 1 aliphatic rings. The van der Waals surface area contributed by atoms with Gasteiger partial charge in [0.25, 0.3) is 0 Å². The fraction of sp³-hybridized carbons (Fsp3) is 0.0444. The van der Waals surface area contributed by atoms with Crippen LogP contribution in [-0.2, 0) is 0 Å². The van der Waals surface area contributed by atoms with Gasteiger partial charge in [0.05, 0.1) is 11.0 Å². The molecule has 236 valence electrons. The van der Waals surface area contributed by atoms with Gasteiger partial charge in [-0.05, 0) is 54.3 Å². The van der Waals surface area contributed by atoms with Crippen LogP contribution in [0.2, 0.25) is 0 Å². The van der Waals surface area contributed by atoms with Crippen molar-refractivity contribution >= 4 is 64.6 Å². The smallest absolute Gasteiger partial charge is 0.164 e. The number of aromatic nitrogens is 4. The van der Waals surface area contributed by atoms with Crippen LogP contribution in [0.1, 0.15) is 18.4 Å². The van der Waals surface area contributed by atoms with Crippen molar-refractivity contribution in [2.24, 2.45) is 0 Å². The quantitative estimate of drug-likeness (QED) is 0.185. The Morgan fingerprint density at radius 1 is 0.480 bits per heavy atom. The summed E-state index contributed by atoms with van der Waals surface area (Å²) in [5.41, 5.74) is 9.17. The number of rotatable bonds is 5. The second-order valence-corrected chi connectivity index (χ2v) is 13.8. The second-order valence-electron chi connectivity index (χ2n) is 12.7. The number of para-hydroxylation sites is 2. The van der Waals surface area contributed by atoms with Gasteiger partial charge in [-0.25, -0.2) is 15.0 Å². The largest absolute Gasteiger partial charge is 0.313 e. The van der Waals surface area contributed by atoms with E-state index in [4.69, 9.17) is 15.0 Å². The number of fused-ring (bicyclic) bond motifs is 6. The van der Waals surface area contributed by atoms with Crippen molar-refractivity contribution in [3.05, 3.63) is 163 Å². The van der Waals surface area contributed by atoms with E-state index in [9.17, 15) is 0 Å². The lowest BCUT2D eigenvalue weighted by atomic mass is 9.96. The number of hydrogen-bond donors (Lipinski definition) is 0. The van der Waals surface area contributed by atoms with E-state index in [-0.39, 0.29) is 0 Å². The molecule has 9 aromatic rings. The maximum atomic E-state index is 5.13. The van der Waals surface area contributed by atoms with Gasteiger partial charge in [0.15, 0.2) is 17.5 Å². The first kappa shape index (κ1) is 28.8. The average molecular weight is 659 g/mol. The van der Waals surface area contributed by atoms with E-state index in [1.807, 2.05) is 18.2 Å². The SMILES string of the molecule is C1=C(c2ccc(-c3nc(-c4ccccc4)nc(-c4cccc5sc6ccccc6c45)n3)cc2)C=C(n2c3ccccc3c3ccccc32)CC1. The number of nitrogens with zero attached hydrogens (tertiary/aromatic N) is 4. The lowest BCUT2D eigenvalue weighted by Crippen LogP contribution is -2.01. The minimum Gasteiger partial charge on any atom is -0.313 e. The maximum Gasteiger partial charge on any atom is 0.164 e. The molecule has 0 saturated carbocycles. The fourth-order valence-electron chi connectivity index (χ4n) is 7.41. The lowest BCUT2D eigenvalue weighted by Gasteiger charge is -2.18. The maximum absolute atomic E-state index is 5.13. The van der Waals surface area contributed by atoms with Gasteiger partial charge in [-0.15, -0.1) is 11.3 Å². The van der Waals surface area contributed by atoms with Gasteiger partial charge in [-0.2, -0.15) is 0 Å². The van der Waals surface area contributed by atoms with Crippen LogP contribution < -0.4 is 0 Å². The molecule has 0 radical (unpaired) electrons. The molecular formula is C45H30N4S. The van der Waals surface area contributed by atoms with Crippen molar-refractivity contribution in [2.75, 3.05) is 0 Å². The van der Waals surface area contributed by atoms with Gasteiger partial charge in [0.2, 0.25) is 0 Å². The molecule has 3 heterocycles.